The topological polar surface area (TPSA) is 93.9 Å². The van der Waals surface area contributed by atoms with Gasteiger partial charge in [0.15, 0.2) is 11.5 Å². The zero-order chi connectivity index (χ0) is 21.5. The van der Waals surface area contributed by atoms with Crippen molar-refractivity contribution in [2.45, 2.75) is 18.6 Å². The van der Waals surface area contributed by atoms with E-state index >= 15 is 0 Å². The molecule has 0 saturated carbocycles. The van der Waals surface area contributed by atoms with Gasteiger partial charge in [0, 0.05) is 24.2 Å². The zero-order valence-corrected chi connectivity index (χ0v) is 16.8. The van der Waals surface area contributed by atoms with E-state index in [-0.39, 0.29) is 11.7 Å². The van der Waals surface area contributed by atoms with E-state index in [1.807, 2.05) is 30.3 Å². The van der Waals surface area contributed by atoms with Gasteiger partial charge in [0.05, 0.1) is 31.3 Å². The van der Waals surface area contributed by atoms with E-state index in [2.05, 4.69) is 5.32 Å². The lowest BCUT2D eigenvalue weighted by Crippen LogP contribution is -2.15. The summed E-state index contributed by atoms with van der Waals surface area (Å²) in [5, 5.41) is 25.3. The maximum absolute atomic E-state index is 11.1. The van der Waals surface area contributed by atoms with Crippen molar-refractivity contribution >= 4 is 11.4 Å². The van der Waals surface area contributed by atoms with E-state index in [0.29, 0.717) is 29.2 Å². The number of rotatable bonds is 9. The molecule has 0 fully saturated rings. The number of benzene rings is 3. The Morgan fingerprint density at radius 2 is 1.67 bits per heavy atom. The standard InChI is InChI=1S/C23H24N2O5/c1-29-22-12-11-17(13-23(22)30-2)21(26)15-20(16-7-4-3-5-8-16)24-18-9-6-10-19(14-18)25(27)28/h3-14,20-21,24,26H,15H2,1-2H3. The Labute approximate surface area is 175 Å². The van der Waals surface area contributed by atoms with Crippen LogP contribution in [0.2, 0.25) is 0 Å². The van der Waals surface area contributed by atoms with Gasteiger partial charge in [-0.25, -0.2) is 0 Å². The molecule has 30 heavy (non-hydrogen) atoms. The summed E-state index contributed by atoms with van der Waals surface area (Å²) < 4.78 is 10.6. The molecule has 156 valence electrons. The van der Waals surface area contributed by atoms with Crippen LogP contribution in [0, 0.1) is 10.1 Å². The molecule has 2 unspecified atom stereocenters. The number of nitrogens with zero attached hydrogens (tertiary/aromatic N) is 1. The summed E-state index contributed by atoms with van der Waals surface area (Å²) in [5.41, 5.74) is 2.27. The van der Waals surface area contributed by atoms with Crippen molar-refractivity contribution in [1.82, 2.24) is 0 Å². The van der Waals surface area contributed by atoms with E-state index < -0.39 is 11.0 Å². The summed E-state index contributed by atoms with van der Waals surface area (Å²) in [7, 11) is 3.10. The number of hydrogen-bond acceptors (Lipinski definition) is 6. The molecule has 0 aromatic heterocycles. The number of nitro benzene ring substituents is 1. The van der Waals surface area contributed by atoms with Crippen LogP contribution >= 0.6 is 0 Å². The number of methoxy groups -OCH3 is 2. The van der Waals surface area contributed by atoms with Crippen LogP contribution in [0.4, 0.5) is 11.4 Å². The van der Waals surface area contributed by atoms with Crippen molar-refractivity contribution in [3.63, 3.8) is 0 Å². The van der Waals surface area contributed by atoms with Crippen molar-refractivity contribution in [3.05, 3.63) is 94.0 Å². The van der Waals surface area contributed by atoms with Gasteiger partial charge in [-0.2, -0.15) is 0 Å². The van der Waals surface area contributed by atoms with Crippen LogP contribution in [-0.4, -0.2) is 24.2 Å². The molecular weight excluding hydrogens is 384 g/mol. The lowest BCUT2D eigenvalue weighted by molar-refractivity contribution is -0.384. The first-order chi connectivity index (χ1) is 14.5. The largest absolute Gasteiger partial charge is 0.493 e. The smallest absolute Gasteiger partial charge is 0.271 e. The Bertz CT molecular complexity index is 994. The SMILES string of the molecule is COc1ccc(C(O)CC(Nc2cccc([N+](=O)[O-])c2)c2ccccc2)cc1OC. The third-order valence-electron chi connectivity index (χ3n) is 4.85. The highest BCUT2D eigenvalue weighted by molar-refractivity contribution is 5.52. The first-order valence-corrected chi connectivity index (χ1v) is 9.47. The highest BCUT2D eigenvalue weighted by Gasteiger charge is 2.20. The summed E-state index contributed by atoms with van der Waals surface area (Å²) in [5.74, 6) is 1.12. The van der Waals surface area contributed by atoms with Gasteiger partial charge >= 0.3 is 0 Å². The third kappa shape index (κ3) is 5.07. The molecular formula is C23H24N2O5. The third-order valence-corrected chi connectivity index (χ3v) is 4.85. The van der Waals surface area contributed by atoms with Crippen molar-refractivity contribution in [2.24, 2.45) is 0 Å². The van der Waals surface area contributed by atoms with Crippen LogP contribution in [0.5, 0.6) is 11.5 Å². The van der Waals surface area contributed by atoms with E-state index in [1.165, 1.54) is 12.1 Å². The molecule has 2 N–H and O–H groups in total. The predicted molar refractivity (Wildman–Crippen MR) is 115 cm³/mol. The molecule has 0 amide bonds. The maximum Gasteiger partial charge on any atom is 0.271 e. The molecule has 3 aromatic rings. The molecule has 2 atom stereocenters. The second-order valence-corrected chi connectivity index (χ2v) is 6.78. The second-order valence-electron chi connectivity index (χ2n) is 6.78. The Kier molecular flexibility index (Phi) is 6.87. The molecule has 0 aliphatic rings. The Morgan fingerprint density at radius 1 is 0.933 bits per heavy atom. The molecule has 7 heteroatoms. The quantitative estimate of drug-likeness (QED) is 0.387. The number of non-ortho nitro benzene ring substituents is 1. The first kappa shape index (κ1) is 21.1. The van der Waals surface area contributed by atoms with E-state index in [0.717, 1.165) is 5.56 Å². The van der Waals surface area contributed by atoms with Crippen molar-refractivity contribution in [1.29, 1.82) is 0 Å². The minimum absolute atomic E-state index is 0.00671. The average Bonchev–Trinajstić information content (AvgIpc) is 2.78. The molecule has 0 aliphatic heterocycles. The van der Waals surface area contributed by atoms with Gasteiger partial charge in [-0.3, -0.25) is 10.1 Å². The van der Waals surface area contributed by atoms with Gasteiger partial charge in [-0.15, -0.1) is 0 Å². The van der Waals surface area contributed by atoms with Gasteiger partial charge in [0.25, 0.3) is 5.69 Å². The van der Waals surface area contributed by atoms with Crippen LogP contribution < -0.4 is 14.8 Å². The van der Waals surface area contributed by atoms with Crippen LogP contribution in [-0.2, 0) is 0 Å². The molecule has 0 saturated heterocycles. The Balaban J connectivity index is 1.86. The van der Waals surface area contributed by atoms with E-state index in [9.17, 15) is 15.2 Å². The molecule has 7 nitrogen and oxygen atoms in total. The average molecular weight is 408 g/mol. The lowest BCUT2D eigenvalue weighted by atomic mass is 9.96. The van der Waals surface area contributed by atoms with Gasteiger partial charge in [0.2, 0.25) is 0 Å². The minimum Gasteiger partial charge on any atom is -0.493 e. The van der Waals surface area contributed by atoms with Crippen LogP contribution in [0.3, 0.4) is 0 Å². The Hall–Kier alpha value is -3.58. The molecule has 0 radical (unpaired) electrons. The molecule has 0 aliphatic carbocycles. The van der Waals surface area contributed by atoms with Crippen LogP contribution in [0.25, 0.3) is 0 Å². The number of nitrogens with one attached hydrogen (secondary N) is 1. The number of aliphatic hydroxyl groups excluding tert-OH is 1. The molecule has 0 bridgehead atoms. The number of aliphatic hydroxyl groups is 1. The second kappa shape index (κ2) is 9.76. The normalized spacial score (nSPS) is 12.6. The van der Waals surface area contributed by atoms with E-state index in [1.54, 1.807) is 44.6 Å². The fraction of sp³-hybridized carbons (Fsp3) is 0.217. The van der Waals surface area contributed by atoms with Gasteiger partial charge < -0.3 is 19.9 Å². The highest BCUT2D eigenvalue weighted by Crippen LogP contribution is 2.34. The molecule has 3 aromatic carbocycles. The van der Waals surface area contributed by atoms with Crippen LogP contribution in [0.1, 0.15) is 29.7 Å². The first-order valence-electron chi connectivity index (χ1n) is 9.47. The predicted octanol–water partition coefficient (Wildman–Crippen LogP) is 4.89. The van der Waals surface area contributed by atoms with Gasteiger partial charge in [0.1, 0.15) is 0 Å². The lowest BCUT2D eigenvalue weighted by Gasteiger charge is -2.24. The summed E-state index contributed by atoms with van der Waals surface area (Å²) >= 11 is 0. The molecule has 0 heterocycles. The number of nitro groups is 1. The number of anilines is 1. The van der Waals surface area contributed by atoms with Crippen molar-refractivity contribution in [2.75, 3.05) is 19.5 Å². The summed E-state index contributed by atoms with van der Waals surface area (Å²) in [6.45, 7) is 0. The summed E-state index contributed by atoms with van der Waals surface area (Å²) in [6.07, 6.45) is -0.441. The van der Waals surface area contributed by atoms with Crippen LogP contribution in [0.15, 0.2) is 72.8 Å². The van der Waals surface area contributed by atoms with Crippen molar-refractivity contribution in [3.8, 4) is 11.5 Å². The summed E-state index contributed by atoms with van der Waals surface area (Å²) in [6, 6.07) is 21.0. The molecule has 0 spiro atoms. The maximum atomic E-state index is 11.1. The van der Waals surface area contributed by atoms with Crippen molar-refractivity contribution < 1.29 is 19.5 Å². The zero-order valence-electron chi connectivity index (χ0n) is 16.8. The fourth-order valence-corrected chi connectivity index (χ4v) is 3.29. The number of hydrogen-bond donors (Lipinski definition) is 2. The number of ether oxygens (including phenoxy) is 2. The monoisotopic (exact) mass is 408 g/mol. The minimum atomic E-state index is -0.791. The summed E-state index contributed by atoms with van der Waals surface area (Å²) in [4.78, 5) is 10.7. The Morgan fingerprint density at radius 3 is 2.33 bits per heavy atom. The highest BCUT2D eigenvalue weighted by atomic mass is 16.6. The fourth-order valence-electron chi connectivity index (χ4n) is 3.29. The van der Waals surface area contributed by atoms with Gasteiger partial charge in [-0.1, -0.05) is 42.5 Å². The molecule has 3 rings (SSSR count). The van der Waals surface area contributed by atoms with E-state index in [4.69, 9.17) is 9.47 Å². The van der Waals surface area contributed by atoms with Gasteiger partial charge in [-0.05, 0) is 29.3 Å².